The molecule has 0 atom stereocenters. The van der Waals surface area contributed by atoms with Gasteiger partial charge in [0.15, 0.2) is 17.3 Å². The van der Waals surface area contributed by atoms with E-state index < -0.39 is 16.0 Å². The SMILES string of the molecule is COc1cc(/C=C2/C(=N)N3N=C(C4CCCCC4)SC3=NC2=O)cc(I)c1OS(=O)(=O)c1ccc(C)cc1. The van der Waals surface area contributed by atoms with E-state index in [2.05, 4.69) is 10.1 Å². The molecular formula is C26H25IN4O5S2. The minimum absolute atomic E-state index is 0.0266. The fraction of sp³-hybridized carbons (Fsp3) is 0.308. The summed E-state index contributed by atoms with van der Waals surface area (Å²) < 4.78 is 37.1. The van der Waals surface area contributed by atoms with Crippen LogP contribution >= 0.6 is 34.4 Å². The normalized spacial score (nSPS) is 19.3. The summed E-state index contributed by atoms with van der Waals surface area (Å²) in [6.45, 7) is 1.87. The van der Waals surface area contributed by atoms with Crippen molar-refractivity contribution in [3.05, 3.63) is 56.7 Å². The van der Waals surface area contributed by atoms with Gasteiger partial charge in [-0.05, 0) is 90.0 Å². The van der Waals surface area contributed by atoms with Gasteiger partial charge in [0.25, 0.3) is 5.91 Å². The highest BCUT2D eigenvalue weighted by Crippen LogP contribution is 2.38. The molecule has 5 rings (SSSR count). The average Bonchev–Trinajstić information content (AvgIpc) is 3.33. The van der Waals surface area contributed by atoms with Crippen LogP contribution in [0.1, 0.15) is 43.2 Å². The molecule has 2 aromatic rings. The van der Waals surface area contributed by atoms with Crippen molar-refractivity contribution in [1.82, 2.24) is 5.01 Å². The van der Waals surface area contributed by atoms with Crippen LogP contribution in [0.3, 0.4) is 0 Å². The van der Waals surface area contributed by atoms with Gasteiger partial charge in [0, 0.05) is 5.92 Å². The third-order valence-corrected chi connectivity index (χ3v) is 9.60. The Hall–Kier alpha value is -2.71. The standard InChI is InChI=1S/C26H25IN4O5S2/c1-15-8-10-18(11-9-15)38(33,34)36-22-20(27)13-16(14-21(22)35-2)12-19-23(28)31-26(29-24(19)32)37-25(30-31)17-6-4-3-5-7-17/h8-14,17,28H,3-7H2,1-2H3/b19-12-,28-23?. The molecular weight excluding hydrogens is 639 g/mol. The molecule has 2 aromatic carbocycles. The molecule has 198 valence electrons. The van der Waals surface area contributed by atoms with E-state index >= 15 is 0 Å². The molecule has 1 amide bonds. The second-order valence-electron chi connectivity index (χ2n) is 9.18. The smallest absolute Gasteiger partial charge is 0.339 e. The number of methoxy groups -OCH3 is 1. The van der Waals surface area contributed by atoms with Gasteiger partial charge >= 0.3 is 10.1 Å². The van der Waals surface area contributed by atoms with Gasteiger partial charge in [-0.15, -0.1) is 0 Å². The molecule has 1 aliphatic carbocycles. The number of nitrogens with one attached hydrogen (secondary N) is 1. The molecule has 0 unspecified atom stereocenters. The van der Waals surface area contributed by atoms with E-state index in [4.69, 9.17) is 14.3 Å². The summed E-state index contributed by atoms with van der Waals surface area (Å²) in [7, 11) is -2.69. The first kappa shape index (κ1) is 26.9. The predicted octanol–water partition coefficient (Wildman–Crippen LogP) is 5.58. The van der Waals surface area contributed by atoms with Crippen LogP contribution < -0.4 is 8.92 Å². The molecule has 1 N–H and O–H groups in total. The van der Waals surface area contributed by atoms with E-state index in [1.54, 1.807) is 24.3 Å². The number of carbonyl (C=O) groups is 1. The monoisotopic (exact) mass is 664 g/mol. The molecule has 1 fully saturated rings. The molecule has 0 aromatic heterocycles. The lowest BCUT2D eigenvalue weighted by Gasteiger charge is -2.20. The van der Waals surface area contributed by atoms with Crippen molar-refractivity contribution in [1.29, 1.82) is 5.41 Å². The average molecular weight is 665 g/mol. The molecule has 3 aliphatic rings. The first-order valence-electron chi connectivity index (χ1n) is 12.0. The Kier molecular flexibility index (Phi) is 7.65. The number of rotatable bonds is 6. The molecule has 2 aliphatic heterocycles. The van der Waals surface area contributed by atoms with Crippen LogP contribution in [0, 0.1) is 21.8 Å². The lowest BCUT2D eigenvalue weighted by molar-refractivity contribution is -0.114. The molecule has 0 spiro atoms. The van der Waals surface area contributed by atoms with Gasteiger partial charge in [0.1, 0.15) is 9.94 Å². The first-order chi connectivity index (χ1) is 18.2. The number of hydrogen-bond donors (Lipinski definition) is 1. The lowest BCUT2D eigenvalue weighted by Crippen LogP contribution is -2.35. The quantitative estimate of drug-likeness (QED) is 0.243. The maximum atomic E-state index is 12.9. The van der Waals surface area contributed by atoms with Crippen molar-refractivity contribution in [2.24, 2.45) is 16.0 Å². The van der Waals surface area contributed by atoms with Crippen LogP contribution in [0.15, 0.2) is 57.0 Å². The number of ether oxygens (including phenoxy) is 1. The fourth-order valence-corrected chi connectivity index (χ4v) is 7.36. The van der Waals surface area contributed by atoms with Crippen LogP contribution in [-0.4, -0.2) is 42.5 Å². The van der Waals surface area contributed by atoms with E-state index in [0.717, 1.165) is 36.3 Å². The van der Waals surface area contributed by atoms with Crippen molar-refractivity contribution in [3.8, 4) is 11.5 Å². The Labute approximate surface area is 239 Å². The number of hydrogen-bond acceptors (Lipinski definition) is 8. The number of aliphatic imine (C=N–C) groups is 1. The Balaban J connectivity index is 1.43. The van der Waals surface area contributed by atoms with E-state index in [1.807, 2.05) is 29.5 Å². The maximum absolute atomic E-state index is 12.9. The molecule has 2 heterocycles. The molecule has 12 heteroatoms. The van der Waals surface area contributed by atoms with Crippen molar-refractivity contribution in [2.45, 2.75) is 43.9 Å². The Morgan fingerprint density at radius 1 is 1.16 bits per heavy atom. The van der Waals surface area contributed by atoms with Crippen molar-refractivity contribution in [2.75, 3.05) is 7.11 Å². The Morgan fingerprint density at radius 2 is 1.87 bits per heavy atom. The van der Waals surface area contributed by atoms with Crippen molar-refractivity contribution < 1.29 is 22.1 Å². The number of aryl methyl sites for hydroxylation is 1. The lowest BCUT2D eigenvalue weighted by atomic mass is 9.90. The van der Waals surface area contributed by atoms with Gasteiger partial charge in [0.2, 0.25) is 5.17 Å². The zero-order valence-corrected chi connectivity index (χ0v) is 24.5. The van der Waals surface area contributed by atoms with Crippen LogP contribution in [0.5, 0.6) is 11.5 Å². The number of amidine groups is 2. The van der Waals surface area contributed by atoms with Crippen molar-refractivity contribution in [3.63, 3.8) is 0 Å². The highest BCUT2D eigenvalue weighted by Gasteiger charge is 2.38. The number of nitrogens with zero attached hydrogens (tertiary/aromatic N) is 3. The van der Waals surface area contributed by atoms with E-state index in [9.17, 15) is 13.2 Å². The Morgan fingerprint density at radius 3 is 2.55 bits per heavy atom. The van der Waals surface area contributed by atoms with E-state index in [1.165, 1.54) is 48.5 Å². The molecule has 38 heavy (non-hydrogen) atoms. The summed E-state index contributed by atoms with van der Waals surface area (Å²) in [6.07, 6.45) is 7.19. The largest absolute Gasteiger partial charge is 0.493 e. The highest BCUT2D eigenvalue weighted by molar-refractivity contribution is 14.1. The summed E-state index contributed by atoms with van der Waals surface area (Å²) in [5, 5.41) is 16.1. The van der Waals surface area contributed by atoms with E-state index in [-0.39, 0.29) is 27.8 Å². The zero-order valence-electron chi connectivity index (χ0n) is 20.7. The summed E-state index contributed by atoms with van der Waals surface area (Å²) in [4.78, 5) is 17.1. The summed E-state index contributed by atoms with van der Waals surface area (Å²) in [6, 6.07) is 9.57. The van der Waals surface area contributed by atoms with Gasteiger partial charge in [-0.25, -0.2) is 0 Å². The summed E-state index contributed by atoms with van der Waals surface area (Å²) >= 11 is 3.33. The van der Waals surface area contributed by atoms with Gasteiger partial charge in [-0.1, -0.05) is 37.0 Å². The number of halogens is 1. The van der Waals surface area contributed by atoms with Gasteiger partial charge in [-0.2, -0.15) is 23.5 Å². The third-order valence-electron chi connectivity index (χ3n) is 6.49. The molecule has 1 saturated carbocycles. The van der Waals surface area contributed by atoms with Gasteiger partial charge in [-0.3, -0.25) is 10.2 Å². The van der Waals surface area contributed by atoms with Crippen LogP contribution in [-0.2, 0) is 14.9 Å². The second kappa shape index (κ2) is 10.8. The van der Waals surface area contributed by atoms with Crippen LogP contribution in [0.2, 0.25) is 0 Å². The minimum Gasteiger partial charge on any atom is -0.493 e. The number of benzene rings is 2. The zero-order chi connectivity index (χ0) is 27.0. The van der Waals surface area contributed by atoms with Crippen LogP contribution in [0.4, 0.5) is 0 Å². The van der Waals surface area contributed by atoms with Crippen molar-refractivity contribution >= 4 is 72.5 Å². The topological polar surface area (TPSA) is 121 Å². The van der Waals surface area contributed by atoms with Crippen LogP contribution in [0.25, 0.3) is 6.08 Å². The summed E-state index contributed by atoms with van der Waals surface area (Å²) in [5.74, 6) is -0.0156. The Bertz CT molecular complexity index is 1510. The summed E-state index contributed by atoms with van der Waals surface area (Å²) in [5.41, 5.74) is 1.54. The number of fused-ring (bicyclic) bond motifs is 1. The number of hydrazone groups is 1. The van der Waals surface area contributed by atoms with Gasteiger partial charge < -0.3 is 8.92 Å². The molecule has 0 saturated heterocycles. The number of thioether (sulfide) groups is 1. The third kappa shape index (κ3) is 5.38. The number of amides is 1. The van der Waals surface area contributed by atoms with Gasteiger partial charge in [0.05, 0.1) is 16.3 Å². The fourth-order valence-electron chi connectivity index (χ4n) is 4.45. The molecule has 0 bridgehead atoms. The minimum atomic E-state index is -4.10. The molecule has 0 radical (unpaired) electrons. The second-order valence-corrected chi connectivity index (χ2v) is 12.9. The maximum Gasteiger partial charge on any atom is 0.339 e. The molecule has 9 nitrogen and oxygen atoms in total. The first-order valence-corrected chi connectivity index (χ1v) is 15.4. The highest BCUT2D eigenvalue weighted by atomic mass is 127. The van der Waals surface area contributed by atoms with E-state index in [0.29, 0.717) is 20.2 Å². The number of carbonyl (C=O) groups excluding carboxylic acids is 1. The predicted molar refractivity (Wildman–Crippen MR) is 156 cm³/mol.